The summed E-state index contributed by atoms with van der Waals surface area (Å²) in [6.45, 7) is 3.97. The Morgan fingerprint density at radius 2 is 1.82 bits per heavy atom. The number of benzene rings is 1. The van der Waals surface area contributed by atoms with Gasteiger partial charge >= 0.3 is 0 Å². The molecule has 22 heavy (non-hydrogen) atoms. The Hall–Kier alpha value is -1.92. The lowest BCUT2D eigenvalue weighted by Gasteiger charge is -2.30. The minimum absolute atomic E-state index is 0.0935. The highest BCUT2D eigenvalue weighted by Crippen LogP contribution is 2.31. The molecule has 6 nitrogen and oxygen atoms in total. The maximum atomic E-state index is 12.8. The predicted molar refractivity (Wildman–Crippen MR) is 81.2 cm³/mol. The summed E-state index contributed by atoms with van der Waals surface area (Å²) in [4.78, 5) is 29.2. The van der Waals surface area contributed by atoms with Gasteiger partial charge in [-0.05, 0) is 12.1 Å². The Morgan fingerprint density at radius 3 is 2.50 bits per heavy atom. The fourth-order valence-corrected chi connectivity index (χ4v) is 3.36. The van der Waals surface area contributed by atoms with Crippen molar-refractivity contribution >= 4 is 17.5 Å². The van der Waals surface area contributed by atoms with E-state index in [0.29, 0.717) is 17.9 Å². The van der Waals surface area contributed by atoms with Crippen LogP contribution in [0.5, 0.6) is 5.75 Å². The summed E-state index contributed by atoms with van der Waals surface area (Å²) in [6, 6.07) is 6.94. The van der Waals surface area contributed by atoms with Crippen molar-refractivity contribution in [3.8, 4) is 5.75 Å². The molecule has 2 aliphatic rings. The van der Waals surface area contributed by atoms with Gasteiger partial charge in [0.25, 0.3) is 5.91 Å². The third kappa shape index (κ3) is 2.60. The number of carbonyl (C=O) groups excluding carboxylic acids is 2. The molecule has 2 heterocycles. The number of piperazine rings is 1. The second-order valence-corrected chi connectivity index (χ2v) is 6.11. The first-order valence-corrected chi connectivity index (χ1v) is 7.77. The van der Waals surface area contributed by atoms with Crippen LogP contribution in [0.4, 0.5) is 5.69 Å². The SMILES string of the molecule is COc1ccccc1N1C(=O)CC([NH+]2CC[NH+](C)CC2)C1=O. The van der Waals surface area contributed by atoms with Crippen molar-refractivity contribution < 1.29 is 24.1 Å². The molecule has 1 atom stereocenters. The molecule has 1 aromatic rings. The fraction of sp³-hybridized carbons (Fsp3) is 0.500. The fourth-order valence-electron chi connectivity index (χ4n) is 3.36. The third-order valence-electron chi connectivity index (χ3n) is 4.71. The number of likely N-dealkylation sites (N-methyl/N-ethyl adjacent to an activating group) is 1. The summed E-state index contributed by atoms with van der Waals surface area (Å²) in [7, 11) is 3.72. The first kappa shape index (κ1) is 15.0. The summed E-state index contributed by atoms with van der Waals surface area (Å²) < 4.78 is 5.29. The van der Waals surface area contributed by atoms with Crippen LogP contribution in [0.1, 0.15) is 6.42 Å². The molecular formula is C16H23N3O3+2. The van der Waals surface area contributed by atoms with Gasteiger partial charge in [-0.2, -0.15) is 0 Å². The van der Waals surface area contributed by atoms with Crippen molar-refractivity contribution in [2.24, 2.45) is 0 Å². The summed E-state index contributed by atoms with van der Waals surface area (Å²) in [5.74, 6) is 0.338. The highest BCUT2D eigenvalue weighted by atomic mass is 16.5. The molecule has 2 aliphatic heterocycles. The number of ether oxygens (including phenoxy) is 1. The zero-order valence-corrected chi connectivity index (χ0v) is 13.1. The molecule has 0 radical (unpaired) electrons. The number of hydrogen-bond donors (Lipinski definition) is 2. The van der Waals surface area contributed by atoms with E-state index < -0.39 is 0 Å². The van der Waals surface area contributed by atoms with Gasteiger partial charge in [0.1, 0.15) is 31.9 Å². The van der Waals surface area contributed by atoms with Gasteiger partial charge in [-0.15, -0.1) is 0 Å². The van der Waals surface area contributed by atoms with E-state index in [-0.39, 0.29) is 17.9 Å². The van der Waals surface area contributed by atoms with E-state index in [9.17, 15) is 9.59 Å². The van der Waals surface area contributed by atoms with Crippen LogP contribution in [0.15, 0.2) is 24.3 Å². The van der Waals surface area contributed by atoms with Crippen molar-refractivity contribution in [3.05, 3.63) is 24.3 Å². The molecule has 1 aromatic carbocycles. The summed E-state index contributed by atoms with van der Waals surface area (Å²) in [5, 5.41) is 0. The molecule has 3 rings (SSSR count). The number of nitrogens with one attached hydrogen (secondary N) is 2. The van der Waals surface area contributed by atoms with Crippen LogP contribution < -0.4 is 19.4 Å². The maximum Gasteiger partial charge on any atom is 0.292 e. The van der Waals surface area contributed by atoms with Crippen LogP contribution in [-0.2, 0) is 9.59 Å². The number of imide groups is 1. The zero-order chi connectivity index (χ0) is 15.7. The van der Waals surface area contributed by atoms with Gasteiger partial charge in [0.15, 0.2) is 6.04 Å². The van der Waals surface area contributed by atoms with E-state index in [0.717, 1.165) is 26.2 Å². The average Bonchev–Trinajstić information content (AvgIpc) is 2.83. The van der Waals surface area contributed by atoms with Crippen molar-refractivity contribution in [2.75, 3.05) is 45.2 Å². The molecule has 2 N–H and O–H groups in total. The van der Waals surface area contributed by atoms with Gasteiger partial charge < -0.3 is 14.5 Å². The van der Waals surface area contributed by atoms with Gasteiger partial charge in [-0.3, -0.25) is 9.59 Å². The summed E-state index contributed by atoms with van der Waals surface area (Å²) in [6.07, 6.45) is 0.297. The minimum Gasteiger partial charge on any atom is -0.495 e. The lowest BCUT2D eigenvalue weighted by atomic mass is 10.2. The van der Waals surface area contributed by atoms with Gasteiger partial charge in [0.05, 0.1) is 26.3 Å². The van der Waals surface area contributed by atoms with Crippen molar-refractivity contribution in [3.63, 3.8) is 0 Å². The number of hydrogen-bond acceptors (Lipinski definition) is 3. The minimum atomic E-state index is -0.245. The lowest BCUT2D eigenvalue weighted by molar-refractivity contribution is -1.01. The number of nitrogens with zero attached hydrogens (tertiary/aromatic N) is 1. The molecule has 2 amide bonds. The number of anilines is 1. The molecule has 0 aromatic heterocycles. The molecular weight excluding hydrogens is 282 g/mol. The summed E-state index contributed by atoms with van der Waals surface area (Å²) in [5.41, 5.74) is 0.557. The quantitative estimate of drug-likeness (QED) is 0.620. The first-order valence-electron chi connectivity index (χ1n) is 7.77. The number of amides is 2. The first-order chi connectivity index (χ1) is 10.6. The topological polar surface area (TPSA) is 55.5 Å². The zero-order valence-electron chi connectivity index (χ0n) is 13.1. The molecule has 2 saturated heterocycles. The van der Waals surface area contributed by atoms with Crippen molar-refractivity contribution in [2.45, 2.75) is 12.5 Å². The summed E-state index contributed by atoms with van der Waals surface area (Å²) >= 11 is 0. The van der Waals surface area contributed by atoms with E-state index in [4.69, 9.17) is 4.74 Å². The number of carbonyl (C=O) groups is 2. The van der Waals surface area contributed by atoms with E-state index in [1.165, 1.54) is 14.7 Å². The predicted octanol–water partition coefficient (Wildman–Crippen LogP) is -2.26. The molecule has 0 spiro atoms. The van der Waals surface area contributed by atoms with Crippen LogP contribution >= 0.6 is 0 Å². The van der Waals surface area contributed by atoms with Gasteiger partial charge in [0, 0.05) is 0 Å². The second-order valence-electron chi connectivity index (χ2n) is 6.11. The van der Waals surface area contributed by atoms with E-state index in [1.54, 1.807) is 19.2 Å². The largest absolute Gasteiger partial charge is 0.495 e. The van der Waals surface area contributed by atoms with Gasteiger partial charge in [0.2, 0.25) is 5.91 Å². The molecule has 0 bridgehead atoms. The molecule has 0 aliphatic carbocycles. The smallest absolute Gasteiger partial charge is 0.292 e. The lowest BCUT2D eigenvalue weighted by Crippen LogP contribution is -3.29. The average molecular weight is 305 g/mol. The second kappa shape index (κ2) is 6.06. The van der Waals surface area contributed by atoms with Crippen LogP contribution in [0.2, 0.25) is 0 Å². The maximum absolute atomic E-state index is 12.8. The third-order valence-corrected chi connectivity index (χ3v) is 4.71. The normalized spacial score (nSPS) is 29.0. The Kier molecular flexibility index (Phi) is 4.13. The van der Waals surface area contributed by atoms with Crippen LogP contribution in [-0.4, -0.2) is 58.2 Å². The van der Waals surface area contributed by atoms with Crippen LogP contribution in [0.3, 0.4) is 0 Å². The van der Waals surface area contributed by atoms with E-state index in [1.807, 2.05) is 12.1 Å². The molecule has 1 unspecified atom stereocenters. The number of rotatable bonds is 3. The Labute approximate surface area is 130 Å². The van der Waals surface area contributed by atoms with Crippen LogP contribution in [0, 0.1) is 0 Å². The van der Waals surface area contributed by atoms with Gasteiger partial charge in [-0.25, -0.2) is 4.90 Å². The van der Waals surface area contributed by atoms with E-state index in [2.05, 4.69) is 7.05 Å². The Balaban J connectivity index is 1.82. The Morgan fingerprint density at radius 1 is 1.14 bits per heavy atom. The molecule has 6 heteroatoms. The van der Waals surface area contributed by atoms with Crippen LogP contribution in [0.25, 0.3) is 0 Å². The number of quaternary nitrogens is 2. The standard InChI is InChI=1S/C16H21N3O3/c1-17-7-9-18(10-8-17)13-11-15(20)19(16(13)21)12-5-3-4-6-14(12)22-2/h3-6,13H,7-11H2,1-2H3/p+2. The highest BCUT2D eigenvalue weighted by Gasteiger charge is 2.47. The van der Waals surface area contributed by atoms with Gasteiger partial charge in [-0.1, -0.05) is 12.1 Å². The molecule has 2 fully saturated rings. The molecule has 118 valence electrons. The van der Waals surface area contributed by atoms with Crippen molar-refractivity contribution in [1.29, 1.82) is 0 Å². The van der Waals surface area contributed by atoms with Crippen molar-refractivity contribution in [1.82, 2.24) is 0 Å². The number of methoxy groups -OCH3 is 1. The monoisotopic (exact) mass is 305 g/mol. The molecule has 0 saturated carbocycles. The Bertz CT molecular complexity index is 582. The number of para-hydroxylation sites is 2. The van der Waals surface area contributed by atoms with E-state index >= 15 is 0 Å². The highest BCUT2D eigenvalue weighted by molar-refractivity contribution is 6.22.